The van der Waals surface area contributed by atoms with E-state index in [1.54, 1.807) is 12.5 Å². The SMILES string of the molecule is NC1CC(=O)C(CCCc2cnc[nH]2)C1=O. The van der Waals surface area contributed by atoms with Gasteiger partial charge >= 0.3 is 0 Å². The van der Waals surface area contributed by atoms with Crippen LogP contribution in [0.15, 0.2) is 12.5 Å². The number of hydrogen-bond acceptors (Lipinski definition) is 4. The molecule has 0 aromatic carbocycles. The Balaban J connectivity index is 1.82. The van der Waals surface area contributed by atoms with Crippen LogP contribution in [0.1, 0.15) is 25.0 Å². The molecule has 3 N–H and O–H groups in total. The summed E-state index contributed by atoms with van der Waals surface area (Å²) in [6.45, 7) is 0. The van der Waals surface area contributed by atoms with Gasteiger partial charge in [-0.25, -0.2) is 4.98 Å². The summed E-state index contributed by atoms with van der Waals surface area (Å²) in [6.07, 6.45) is 5.81. The zero-order valence-corrected chi connectivity index (χ0v) is 8.98. The monoisotopic (exact) mass is 221 g/mol. The highest BCUT2D eigenvalue weighted by atomic mass is 16.2. The van der Waals surface area contributed by atoms with Crippen molar-refractivity contribution in [3.63, 3.8) is 0 Å². The van der Waals surface area contributed by atoms with Crippen molar-refractivity contribution in [2.45, 2.75) is 31.7 Å². The second kappa shape index (κ2) is 4.57. The van der Waals surface area contributed by atoms with Gasteiger partial charge in [0.05, 0.1) is 18.3 Å². The van der Waals surface area contributed by atoms with Crippen LogP contribution in [0, 0.1) is 5.92 Å². The molecule has 1 heterocycles. The number of aromatic amines is 1. The summed E-state index contributed by atoms with van der Waals surface area (Å²) in [5.74, 6) is -0.547. The highest BCUT2D eigenvalue weighted by molar-refractivity contribution is 6.11. The van der Waals surface area contributed by atoms with E-state index in [-0.39, 0.29) is 18.0 Å². The van der Waals surface area contributed by atoms with Crippen molar-refractivity contribution in [2.24, 2.45) is 11.7 Å². The average Bonchev–Trinajstić information content (AvgIpc) is 2.82. The van der Waals surface area contributed by atoms with Gasteiger partial charge < -0.3 is 10.7 Å². The highest BCUT2D eigenvalue weighted by Crippen LogP contribution is 2.22. The third-order valence-corrected chi connectivity index (χ3v) is 3.01. The predicted molar refractivity (Wildman–Crippen MR) is 57.6 cm³/mol. The van der Waals surface area contributed by atoms with Crippen molar-refractivity contribution in [3.8, 4) is 0 Å². The first-order valence-corrected chi connectivity index (χ1v) is 5.47. The number of aryl methyl sites for hydroxylation is 1. The van der Waals surface area contributed by atoms with E-state index in [2.05, 4.69) is 9.97 Å². The summed E-state index contributed by atoms with van der Waals surface area (Å²) in [6, 6.07) is -0.565. The number of carbonyl (C=O) groups excluding carboxylic acids is 2. The maximum absolute atomic E-state index is 11.5. The Morgan fingerprint density at radius 3 is 2.88 bits per heavy atom. The molecule has 2 rings (SSSR count). The zero-order valence-electron chi connectivity index (χ0n) is 8.98. The summed E-state index contributed by atoms with van der Waals surface area (Å²) in [4.78, 5) is 29.9. The van der Waals surface area contributed by atoms with Crippen LogP contribution in [0.25, 0.3) is 0 Å². The van der Waals surface area contributed by atoms with E-state index in [1.807, 2.05) is 0 Å². The summed E-state index contributed by atoms with van der Waals surface area (Å²) >= 11 is 0. The van der Waals surface area contributed by atoms with Crippen molar-refractivity contribution in [2.75, 3.05) is 0 Å². The molecule has 1 fully saturated rings. The van der Waals surface area contributed by atoms with E-state index in [4.69, 9.17) is 5.73 Å². The lowest BCUT2D eigenvalue weighted by molar-refractivity contribution is -0.127. The van der Waals surface area contributed by atoms with Crippen LogP contribution in [-0.2, 0) is 16.0 Å². The van der Waals surface area contributed by atoms with Crippen molar-refractivity contribution in [1.82, 2.24) is 9.97 Å². The molecule has 1 aromatic rings. The molecular formula is C11H15N3O2. The van der Waals surface area contributed by atoms with Gasteiger partial charge in [0, 0.05) is 18.3 Å². The summed E-state index contributed by atoms with van der Waals surface area (Å²) in [7, 11) is 0. The van der Waals surface area contributed by atoms with Crippen LogP contribution < -0.4 is 5.73 Å². The Bertz CT molecular complexity index is 386. The van der Waals surface area contributed by atoms with E-state index >= 15 is 0 Å². The second-order valence-corrected chi connectivity index (χ2v) is 4.20. The van der Waals surface area contributed by atoms with Gasteiger partial charge in [0.15, 0.2) is 5.78 Å². The number of hydrogen-bond donors (Lipinski definition) is 2. The fourth-order valence-corrected chi connectivity index (χ4v) is 2.10. The molecule has 1 aliphatic rings. The minimum Gasteiger partial charge on any atom is -0.348 e. The fourth-order valence-electron chi connectivity index (χ4n) is 2.10. The normalized spacial score (nSPS) is 25.3. The summed E-state index contributed by atoms with van der Waals surface area (Å²) in [5, 5.41) is 0. The number of Topliss-reactive ketones (excluding diaryl/α,β-unsaturated/α-hetero) is 2. The molecular weight excluding hydrogens is 206 g/mol. The molecule has 0 aliphatic heterocycles. The lowest BCUT2D eigenvalue weighted by atomic mass is 9.98. The molecule has 1 saturated carbocycles. The predicted octanol–water partition coefficient (Wildman–Crippen LogP) is 0.218. The number of ketones is 2. The number of nitrogens with zero attached hydrogens (tertiary/aromatic N) is 1. The smallest absolute Gasteiger partial charge is 0.160 e. The standard InChI is InChI=1S/C11H15N3O2/c12-9-4-10(15)8(11(9)16)3-1-2-7-5-13-6-14-7/h5-6,8-9H,1-4,12H2,(H,13,14). The van der Waals surface area contributed by atoms with E-state index in [0.717, 1.165) is 18.5 Å². The number of rotatable bonds is 4. The van der Waals surface area contributed by atoms with Crippen molar-refractivity contribution < 1.29 is 9.59 Å². The number of nitrogens with one attached hydrogen (secondary N) is 1. The zero-order chi connectivity index (χ0) is 11.5. The molecule has 1 aliphatic carbocycles. The fraction of sp³-hybridized carbons (Fsp3) is 0.545. The number of nitrogens with two attached hydrogens (primary N) is 1. The van der Waals surface area contributed by atoms with Gasteiger partial charge in [-0.05, 0) is 19.3 Å². The average molecular weight is 221 g/mol. The molecule has 5 heteroatoms. The Morgan fingerprint density at radius 1 is 1.50 bits per heavy atom. The highest BCUT2D eigenvalue weighted by Gasteiger charge is 2.38. The first kappa shape index (κ1) is 11.0. The van der Waals surface area contributed by atoms with Gasteiger partial charge in [-0.15, -0.1) is 0 Å². The van der Waals surface area contributed by atoms with Crippen LogP contribution >= 0.6 is 0 Å². The molecule has 5 nitrogen and oxygen atoms in total. The van der Waals surface area contributed by atoms with Crippen LogP contribution in [0.2, 0.25) is 0 Å². The van der Waals surface area contributed by atoms with Gasteiger partial charge in [-0.3, -0.25) is 9.59 Å². The number of carbonyl (C=O) groups is 2. The number of H-pyrrole nitrogens is 1. The molecule has 1 aromatic heterocycles. The lowest BCUT2D eigenvalue weighted by Gasteiger charge is -2.05. The maximum atomic E-state index is 11.5. The molecule has 2 unspecified atom stereocenters. The molecule has 86 valence electrons. The summed E-state index contributed by atoms with van der Waals surface area (Å²) < 4.78 is 0. The Hall–Kier alpha value is -1.49. The molecule has 16 heavy (non-hydrogen) atoms. The Labute approximate surface area is 93.4 Å². The van der Waals surface area contributed by atoms with Crippen LogP contribution in [-0.4, -0.2) is 27.6 Å². The first-order valence-electron chi connectivity index (χ1n) is 5.47. The number of imidazole rings is 1. The van der Waals surface area contributed by atoms with E-state index in [9.17, 15) is 9.59 Å². The van der Waals surface area contributed by atoms with E-state index in [0.29, 0.717) is 6.42 Å². The third kappa shape index (κ3) is 2.19. The Kier molecular flexibility index (Phi) is 3.14. The quantitative estimate of drug-likeness (QED) is 0.712. The minimum atomic E-state index is -0.565. The lowest BCUT2D eigenvalue weighted by Crippen LogP contribution is -2.27. The molecule has 0 radical (unpaired) electrons. The van der Waals surface area contributed by atoms with E-state index < -0.39 is 12.0 Å². The molecule has 0 spiro atoms. The van der Waals surface area contributed by atoms with Gasteiger partial charge in [0.25, 0.3) is 0 Å². The first-order chi connectivity index (χ1) is 7.68. The minimum absolute atomic E-state index is 0.00195. The third-order valence-electron chi connectivity index (χ3n) is 3.01. The molecule has 0 amide bonds. The largest absolute Gasteiger partial charge is 0.348 e. The topological polar surface area (TPSA) is 88.8 Å². The van der Waals surface area contributed by atoms with Crippen molar-refractivity contribution in [3.05, 3.63) is 18.2 Å². The summed E-state index contributed by atoms with van der Waals surface area (Å²) in [5.41, 5.74) is 6.57. The molecule has 0 saturated heterocycles. The van der Waals surface area contributed by atoms with Crippen LogP contribution in [0.3, 0.4) is 0 Å². The van der Waals surface area contributed by atoms with Crippen LogP contribution in [0.4, 0.5) is 0 Å². The van der Waals surface area contributed by atoms with Gasteiger partial charge in [-0.2, -0.15) is 0 Å². The Morgan fingerprint density at radius 2 is 2.31 bits per heavy atom. The maximum Gasteiger partial charge on any atom is 0.160 e. The van der Waals surface area contributed by atoms with Crippen LogP contribution in [0.5, 0.6) is 0 Å². The van der Waals surface area contributed by atoms with Gasteiger partial charge in [-0.1, -0.05) is 0 Å². The number of aromatic nitrogens is 2. The molecule has 2 atom stereocenters. The van der Waals surface area contributed by atoms with Gasteiger partial charge in [0.2, 0.25) is 0 Å². The van der Waals surface area contributed by atoms with Crippen molar-refractivity contribution >= 4 is 11.6 Å². The molecule has 0 bridgehead atoms. The van der Waals surface area contributed by atoms with E-state index in [1.165, 1.54) is 0 Å². The van der Waals surface area contributed by atoms with Crippen molar-refractivity contribution in [1.29, 1.82) is 0 Å². The second-order valence-electron chi connectivity index (χ2n) is 4.20. The van der Waals surface area contributed by atoms with Gasteiger partial charge in [0.1, 0.15) is 5.78 Å².